The molecule has 1 aliphatic heterocycles. The zero-order chi connectivity index (χ0) is 21.8. The van der Waals surface area contributed by atoms with E-state index in [1.54, 1.807) is 17.0 Å². The van der Waals surface area contributed by atoms with Crippen molar-refractivity contribution < 1.29 is 18.3 Å². The second-order valence-electron chi connectivity index (χ2n) is 7.12. The van der Waals surface area contributed by atoms with E-state index in [0.717, 1.165) is 18.0 Å². The minimum Gasteiger partial charge on any atom is -0.482 e. The normalized spacial score (nSPS) is 13.9. The van der Waals surface area contributed by atoms with E-state index in [9.17, 15) is 14.0 Å². The molecule has 0 radical (unpaired) electrons. The third kappa shape index (κ3) is 4.88. The number of carbonyl (C=O) groups is 1. The molecule has 1 aromatic heterocycles. The fraction of sp³-hybridized carbons (Fsp3) is 0.217. The lowest BCUT2D eigenvalue weighted by atomic mass is 10.2. The van der Waals surface area contributed by atoms with Crippen LogP contribution in [-0.2, 0) is 6.61 Å². The number of carbonyl (C=O) groups excluding carboxylic acids is 1. The zero-order valence-electron chi connectivity index (χ0n) is 16.6. The first-order valence-electron chi connectivity index (χ1n) is 9.80. The smallest absolute Gasteiger partial charge is 0.289 e. The number of rotatable bonds is 5. The van der Waals surface area contributed by atoms with Crippen LogP contribution in [0.4, 0.5) is 10.1 Å². The standard InChI is InChI=1S/C23H20ClFN2O4/c24-18-3-1-2-4-19(18)26-9-11-27(12-10-26)23(29)21-13-20(28)22(15-31-21)30-14-16-5-7-17(25)8-6-16/h1-8,13,15H,9-12,14H2. The Balaban J connectivity index is 1.37. The minimum atomic E-state index is -0.452. The molecule has 8 heteroatoms. The van der Waals surface area contributed by atoms with Crippen LogP contribution in [0.25, 0.3) is 0 Å². The molecule has 6 nitrogen and oxygen atoms in total. The summed E-state index contributed by atoms with van der Waals surface area (Å²) < 4.78 is 23.8. The highest BCUT2D eigenvalue weighted by Crippen LogP contribution is 2.26. The van der Waals surface area contributed by atoms with Crippen LogP contribution in [0.2, 0.25) is 5.02 Å². The van der Waals surface area contributed by atoms with Gasteiger partial charge < -0.3 is 19.0 Å². The van der Waals surface area contributed by atoms with Crippen molar-refractivity contribution in [3.63, 3.8) is 0 Å². The molecular formula is C23H20ClFN2O4. The van der Waals surface area contributed by atoms with Crippen molar-refractivity contribution in [2.24, 2.45) is 0 Å². The van der Waals surface area contributed by atoms with Gasteiger partial charge in [0.2, 0.25) is 11.2 Å². The summed E-state index contributed by atoms with van der Waals surface area (Å²) in [5, 5.41) is 0.671. The van der Waals surface area contributed by atoms with Crippen molar-refractivity contribution in [3.05, 3.63) is 93.2 Å². The molecule has 2 aromatic carbocycles. The quantitative estimate of drug-likeness (QED) is 0.598. The maximum absolute atomic E-state index is 13.0. The molecule has 1 aliphatic rings. The lowest BCUT2D eigenvalue weighted by molar-refractivity contribution is 0.0711. The molecule has 3 aromatic rings. The Labute approximate surface area is 183 Å². The Morgan fingerprint density at radius 3 is 2.45 bits per heavy atom. The lowest BCUT2D eigenvalue weighted by Crippen LogP contribution is -2.49. The van der Waals surface area contributed by atoms with E-state index in [4.69, 9.17) is 20.8 Å². The highest BCUT2D eigenvalue weighted by molar-refractivity contribution is 6.33. The van der Waals surface area contributed by atoms with E-state index in [0.29, 0.717) is 36.8 Å². The number of piperazine rings is 1. The van der Waals surface area contributed by atoms with Crippen molar-refractivity contribution in [3.8, 4) is 5.75 Å². The molecule has 1 saturated heterocycles. The summed E-state index contributed by atoms with van der Waals surface area (Å²) in [6.07, 6.45) is 1.14. The molecular weight excluding hydrogens is 423 g/mol. The van der Waals surface area contributed by atoms with Gasteiger partial charge in [0, 0.05) is 32.2 Å². The van der Waals surface area contributed by atoms with E-state index in [-0.39, 0.29) is 29.8 Å². The number of hydrogen-bond donors (Lipinski definition) is 0. The molecule has 160 valence electrons. The number of anilines is 1. The van der Waals surface area contributed by atoms with Crippen molar-refractivity contribution in [2.45, 2.75) is 6.61 Å². The van der Waals surface area contributed by atoms with Gasteiger partial charge in [-0.15, -0.1) is 0 Å². The molecule has 0 atom stereocenters. The van der Waals surface area contributed by atoms with Crippen LogP contribution < -0.4 is 15.1 Å². The number of benzene rings is 2. The van der Waals surface area contributed by atoms with Crippen LogP contribution >= 0.6 is 11.6 Å². The highest BCUT2D eigenvalue weighted by Gasteiger charge is 2.25. The molecule has 0 spiro atoms. The largest absolute Gasteiger partial charge is 0.482 e. The number of ether oxygens (including phenoxy) is 1. The monoisotopic (exact) mass is 442 g/mol. The van der Waals surface area contributed by atoms with Gasteiger partial charge in [-0.2, -0.15) is 0 Å². The van der Waals surface area contributed by atoms with Gasteiger partial charge in [-0.3, -0.25) is 9.59 Å². The minimum absolute atomic E-state index is 0.00980. The van der Waals surface area contributed by atoms with Gasteiger partial charge in [-0.05, 0) is 29.8 Å². The third-order valence-corrected chi connectivity index (χ3v) is 5.40. The Kier molecular flexibility index (Phi) is 6.23. The fourth-order valence-electron chi connectivity index (χ4n) is 3.37. The van der Waals surface area contributed by atoms with E-state index in [1.807, 2.05) is 24.3 Å². The summed E-state index contributed by atoms with van der Waals surface area (Å²) in [6, 6.07) is 14.5. The molecule has 0 bridgehead atoms. The highest BCUT2D eigenvalue weighted by atomic mass is 35.5. The Morgan fingerprint density at radius 1 is 1.06 bits per heavy atom. The first kappa shape index (κ1) is 20.9. The van der Waals surface area contributed by atoms with Gasteiger partial charge in [-0.25, -0.2) is 4.39 Å². The van der Waals surface area contributed by atoms with Crippen LogP contribution in [0.15, 0.2) is 70.1 Å². The first-order chi connectivity index (χ1) is 15.0. The summed E-state index contributed by atoms with van der Waals surface area (Å²) in [5.41, 5.74) is 1.19. The average molecular weight is 443 g/mol. The maximum Gasteiger partial charge on any atom is 0.289 e. The van der Waals surface area contributed by atoms with Crippen LogP contribution in [-0.4, -0.2) is 37.0 Å². The predicted molar refractivity (Wildman–Crippen MR) is 115 cm³/mol. The van der Waals surface area contributed by atoms with Crippen LogP contribution in [0.3, 0.4) is 0 Å². The molecule has 0 N–H and O–H groups in total. The summed E-state index contributed by atoms with van der Waals surface area (Å²) in [5.74, 6) is -0.741. The van der Waals surface area contributed by atoms with Gasteiger partial charge in [0.1, 0.15) is 18.7 Å². The number of para-hydroxylation sites is 1. The third-order valence-electron chi connectivity index (χ3n) is 5.08. The van der Waals surface area contributed by atoms with Crippen molar-refractivity contribution in [2.75, 3.05) is 31.1 Å². The van der Waals surface area contributed by atoms with Crippen molar-refractivity contribution in [1.29, 1.82) is 0 Å². The second-order valence-corrected chi connectivity index (χ2v) is 7.53. The fourth-order valence-corrected chi connectivity index (χ4v) is 3.63. The van der Waals surface area contributed by atoms with E-state index in [2.05, 4.69) is 4.90 Å². The first-order valence-corrected chi connectivity index (χ1v) is 10.2. The number of hydrogen-bond acceptors (Lipinski definition) is 5. The molecule has 0 saturated carbocycles. The zero-order valence-corrected chi connectivity index (χ0v) is 17.3. The molecule has 31 heavy (non-hydrogen) atoms. The van der Waals surface area contributed by atoms with Crippen LogP contribution in [0, 0.1) is 5.82 Å². The maximum atomic E-state index is 13.0. The van der Waals surface area contributed by atoms with Crippen LogP contribution in [0.5, 0.6) is 5.75 Å². The van der Waals surface area contributed by atoms with E-state index >= 15 is 0 Å². The lowest BCUT2D eigenvalue weighted by Gasteiger charge is -2.36. The number of amides is 1. The molecule has 1 fully saturated rings. The number of nitrogens with zero attached hydrogens (tertiary/aromatic N) is 2. The van der Waals surface area contributed by atoms with Crippen molar-refractivity contribution >= 4 is 23.2 Å². The summed E-state index contributed by atoms with van der Waals surface area (Å²) in [6.45, 7) is 2.30. The molecule has 4 rings (SSSR count). The van der Waals surface area contributed by atoms with Gasteiger partial charge in [0.15, 0.2) is 5.76 Å². The van der Waals surface area contributed by atoms with Gasteiger partial charge in [0.25, 0.3) is 5.91 Å². The average Bonchev–Trinajstić information content (AvgIpc) is 2.79. The van der Waals surface area contributed by atoms with Gasteiger partial charge in [0.05, 0.1) is 10.7 Å². The molecule has 0 unspecified atom stereocenters. The van der Waals surface area contributed by atoms with Crippen molar-refractivity contribution in [1.82, 2.24) is 4.90 Å². The Hall–Kier alpha value is -3.32. The SMILES string of the molecule is O=C(c1cc(=O)c(OCc2ccc(F)cc2)co1)N1CCN(c2ccccc2Cl)CC1. The summed E-state index contributed by atoms with van der Waals surface area (Å²) in [7, 11) is 0. The molecule has 2 heterocycles. The Morgan fingerprint density at radius 2 is 1.77 bits per heavy atom. The van der Waals surface area contributed by atoms with Gasteiger partial charge >= 0.3 is 0 Å². The van der Waals surface area contributed by atoms with Gasteiger partial charge in [-0.1, -0.05) is 35.9 Å². The Bertz CT molecular complexity index is 1120. The summed E-state index contributed by atoms with van der Waals surface area (Å²) in [4.78, 5) is 28.9. The predicted octanol–water partition coefficient (Wildman–Crippen LogP) is 3.97. The number of halogens is 2. The van der Waals surface area contributed by atoms with E-state index in [1.165, 1.54) is 12.1 Å². The summed E-state index contributed by atoms with van der Waals surface area (Å²) >= 11 is 6.26. The molecule has 1 amide bonds. The molecule has 0 aliphatic carbocycles. The van der Waals surface area contributed by atoms with E-state index < -0.39 is 5.43 Å². The van der Waals surface area contributed by atoms with Crippen LogP contribution in [0.1, 0.15) is 16.1 Å². The second kappa shape index (κ2) is 9.22. The topological polar surface area (TPSA) is 63.0 Å².